The normalized spacial score (nSPS) is 14.6. The van der Waals surface area contributed by atoms with Gasteiger partial charge in [-0.3, -0.25) is 0 Å². The molecule has 62 valence electrons. The molecule has 2 nitrogen and oxygen atoms in total. The number of nitrogens with one attached hydrogen (secondary N) is 1. The van der Waals surface area contributed by atoms with Crippen LogP contribution in [0, 0.1) is 0 Å². The maximum absolute atomic E-state index is 5.29. The average molecular weight is 244 g/mol. The summed E-state index contributed by atoms with van der Waals surface area (Å²) < 4.78 is 6.34. The van der Waals surface area contributed by atoms with Crippen molar-refractivity contribution in [3.05, 3.63) is 28.2 Å². The van der Waals surface area contributed by atoms with Gasteiger partial charge >= 0.3 is 0 Å². The molecule has 4 heteroatoms. The molecule has 1 heterocycles. The molecule has 1 N–H and O–H groups in total. The van der Waals surface area contributed by atoms with Crippen LogP contribution in [-0.2, 0) is 6.54 Å². The van der Waals surface area contributed by atoms with E-state index in [1.54, 1.807) is 0 Å². The second kappa shape index (κ2) is 3.03. The van der Waals surface area contributed by atoms with Gasteiger partial charge < -0.3 is 10.1 Å². The van der Waals surface area contributed by atoms with E-state index in [1.807, 2.05) is 18.2 Å². The number of ether oxygens (including phenoxy) is 1. The van der Waals surface area contributed by atoms with Gasteiger partial charge in [-0.25, -0.2) is 0 Å². The Labute approximate surface area is 84.0 Å². The van der Waals surface area contributed by atoms with Gasteiger partial charge in [-0.15, -0.1) is 0 Å². The first kappa shape index (κ1) is 8.01. The SMILES string of the molecule is S=C1NCc2cc(Br)ccc2O1. The second-order valence-corrected chi connectivity index (χ2v) is 3.78. The van der Waals surface area contributed by atoms with Crippen molar-refractivity contribution in [3.8, 4) is 5.75 Å². The number of hydrogen-bond donors (Lipinski definition) is 1. The third kappa shape index (κ3) is 1.44. The highest BCUT2D eigenvalue weighted by Crippen LogP contribution is 2.25. The van der Waals surface area contributed by atoms with E-state index in [4.69, 9.17) is 17.0 Å². The van der Waals surface area contributed by atoms with Gasteiger partial charge in [-0.2, -0.15) is 0 Å². The summed E-state index contributed by atoms with van der Waals surface area (Å²) in [5.74, 6) is 0.849. The second-order valence-electron chi connectivity index (χ2n) is 2.50. The monoisotopic (exact) mass is 243 g/mol. The first-order valence-corrected chi connectivity index (χ1v) is 4.70. The molecule has 0 bridgehead atoms. The quantitative estimate of drug-likeness (QED) is 0.707. The van der Waals surface area contributed by atoms with E-state index >= 15 is 0 Å². The Balaban J connectivity index is 2.43. The van der Waals surface area contributed by atoms with Gasteiger partial charge in [0.05, 0.1) is 0 Å². The van der Waals surface area contributed by atoms with Crippen molar-refractivity contribution in [2.45, 2.75) is 6.54 Å². The predicted octanol–water partition coefficient (Wildman–Crippen LogP) is 2.22. The maximum atomic E-state index is 5.29. The molecular weight excluding hydrogens is 238 g/mol. The molecule has 0 atom stereocenters. The minimum Gasteiger partial charge on any atom is -0.432 e. The van der Waals surface area contributed by atoms with E-state index in [9.17, 15) is 0 Å². The summed E-state index contributed by atoms with van der Waals surface area (Å²) >= 11 is 8.26. The van der Waals surface area contributed by atoms with Crippen LogP contribution in [0.5, 0.6) is 5.75 Å². The molecule has 0 saturated carbocycles. The Morgan fingerprint density at radius 2 is 2.33 bits per heavy atom. The third-order valence-corrected chi connectivity index (χ3v) is 2.37. The first-order valence-electron chi connectivity index (χ1n) is 3.50. The topological polar surface area (TPSA) is 21.3 Å². The zero-order chi connectivity index (χ0) is 8.55. The Morgan fingerprint density at radius 3 is 3.17 bits per heavy atom. The number of thiocarbonyl (C=S) groups is 1. The van der Waals surface area contributed by atoms with Crippen LogP contribution in [0.15, 0.2) is 22.7 Å². The van der Waals surface area contributed by atoms with Gasteiger partial charge in [0.2, 0.25) is 0 Å². The maximum Gasteiger partial charge on any atom is 0.262 e. The third-order valence-electron chi connectivity index (χ3n) is 1.65. The molecule has 0 fully saturated rings. The molecule has 0 radical (unpaired) electrons. The fourth-order valence-corrected chi connectivity index (χ4v) is 1.66. The summed E-state index contributed by atoms with van der Waals surface area (Å²) in [4.78, 5) is 0. The molecule has 12 heavy (non-hydrogen) atoms. The van der Waals surface area contributed by atoms with Gasteiger partial charge in [-0.05, 0) is 30.4 Å². The summed E-state index contributed by atoms with van der Waals surface area (Å²) in [6.07, 6.45) is 0. The minimum absolute atomic E-state index is 0.449. The molecule has 1 aromatic carbocycles. The Bertz CT molecular complexity index is 340. The van der Waals surface area contributed by atoms with Crippen molar-refractivity contribution in [1.82, 2.24) is 5.32 Å². The highest BCUT2D eigenvalue weighted by atomic mass is 79.9. The molecule has 0 amide bonds. The lowest BCUT2D eigenvalue weighted by molar-refractivity contribution is 0.497. The summed E-state index contributed by atoms with van der Waals surface area (Å²) in [6.45, 7) is 0.744. The lowest BCUT2D eigenvalue weighted by Gasteiger charge is -2.18. The standard InChI is InChI=1S/C8H6BrNOS/c9-6-1-2-7-5(3-6)4-10-8(12)11-7/h1-3H,4H2,(H,10,12). The minimum atomic E-state index is 0.449. The molecule has 0 unspecified atom stereocenters. The van der Waals surface area contributed by atoms with Crippen LogP contribution >= 0.6 is 28.1 Å². The van der Waals surface area contributed by atoms with Crippen LogP contribution in [0.1, 0.15) is 5.56 Å². The van der Waals surface area contributed by atoms with Crippen LogP contribution in [0.2, 0.25) is 0 Å². The largest absolute Gasteiger partial charge is 0.432 e. The zero-order valence-corrected chi connectivity index (χ0v) is 8.54. The molecule has 1 aliphatic heterocycles. The lowest BCUT2D eigenvalue weighted by atomic mass is 10.2. The van der Waals surface area contributed by atoms with E-state index in [1.165, 1.54) is 0 Å². The summed E-state index contributed by atoms with van der Waals surface area (Å²) in [6, 6.07) is 5.86. The number of benzene rings is 1. The molecule has 0 aliphatic carbocycles. The van der Waals surface area contributed by atoms with Crippen LogP contribution in [-0.4, -0.2) is 5.17 Å². The van der Waals surface area contributed by atoms with Crippen molar-refractivity contribution in [1.29, 1.82) is 0 Å². The van der Waals surface area contributed by atoms with Crippen molar-refractivity contribution in [2.75, 3.05) is 0 Å². The lowest BCUT2D eigenvalue weighted by Crippen LogP contribution is -2.30. The number of halogens is 1. The van der Waals surface area contributed by atoms with Gasteiger partial charge in [0.15, 0.2) is 0 Å². The first-order chi connectivity index (χ1) is 5.75. The van der Waals surface area contributed by atoms with Crippen LogP contribution < -0.4 is 10.1 Å². The van der Waals surface area contributed by atoms with Gasteiger partial charge in [0.1, 0.15) is 5.75 Å². The fraction of sp³-hybridized carbons (Fsp3) is 0.125. The van der Waals surface area contributed by atoms with Crippen LogP contribution in [0.25, 0.3) is 0 Å². The van der Waals surface area contributed by atoms with E-state index in [0.717, 1.165) is 22.3 Å². The van der Waals surface area contributed by atoms with Crippen molar-refractivity contribution < 1.29 is 4.74 Å². The van der Waals surface area contributed by atoms with E-state index < -0.39 is 0 Å². The summed E-state index contributed by atoms with van der Waals surface area (Å²) in [5.41, 5.74) is 1.12. The molecule has 0 aromatic heterocycles. The number of hydrogen-bond acceptors (Lipinski definition) is 2. The van der Waals surface area contributed by atoms with E-state index in [-0.39, 0.29) is 0 Å². The Kier molecular flexibility index (Phi) is 2.02. The fourth-order valence-electron chi connectivity index (χ4n) is 1.09. The molecule has 0 spiro atoms. The van der Waals surface area contributed by atoms with E-state index in [2.05, 4.69) is 21.2 Å². The summed E-state index contributed by atoms with van der Waals surface area (Å²) in [5, 5.41) is 3.40. The van der Waals surface area contributed by atoms with Gasteiger partial charge in [0, 0.05) is 16.6 Å². The van der Waals surface area contributed by atoms with E-state index in [0.29, 0.717) is 5.17 Å². The van der Waals surface area contributed by atoms with Crippen LogP contribution in [0.3, 0.4) is 0 Å². The van der Waals surface area contributed by atoms with Crippen molar-refractivity contribution >= 4 is 33.3 Å². The molecular formula is C8H6BrNOS. The molecule has 1 aromatic rings. The molecule has 0 saturated heterocycles. The van der Waals surface area contributed by atoms with Gasteiger partial charge in [-0.1, -0.05) is 15.9 Å². The average Bonchev–Trinajstić information content (AvgIpc) is 2.05. The predicted molar refractivity (Wildman–Crippen MR) is 54.2 cm³/mol. The highest BCUT2D eigenvalue weighted by molar-refractivity contribution is 9.10. The summed E-state index contributed by atoms with van der Waals surface area (Å²) in [7, 11) is 0. The smallest absolute Gasteiger partial charge is 0.262 e. The molecule has 2 rings (SSSR count). The Hall–Kier alpha value is -0.610. The molecule has 1 aliphatic rings. The number of rotatable bonds is 0. The van der Waals surface area contributed by atoms with Gasteiger partial charge in [0.25, 0.3) is 5.17 Å². The van der Waals surface area contributed by atoms with Crippen molar-refractivity contribution in [3.63, 3.8) is 0 Å². The van der Waals surface area contributed by atoms with Crippen molar-refractivity contribution in [2.24, 2.45) is 0 Å². The zero-order valence-electron chi connectivity index (χ0n) is 6.13. The number of fused-ring (bicyclic) bond motifs is 1. The highest BCUT2D eigenvalue weighted by Gasteiger charge is 2.12. The Morgan fingerprint density at radius 1 is 1.50 bits per heavy atom. The van der Waals surface area contributed by atoms with Crippen LogP contribution in [0.4, 0.5) is 0 Å².